The van der Waals surface area contributed by atoms with E-state index in [9.17, 15) is 14.4 Å². The molecule has 10 nitrogen and oxygen atoms in total. The number of esters is 1. The molecular formula is C36H29N5O5. The summed E-state index contributed by atoms with van der Waals surface area (Å²) in [6.07, 6.45) is 3.77. The van der Waals surface area contributed by atoms with Gasteiger partial charge in [0.25, 0.3) is 0 Å². The van der Waals surface area contributed by atoms with E-state index < -0.39 is 5.97 Å². The fourth-order valence-corrected chi connectivity index (χ4v) is 5.81. The van der Waals surface area contributed by atoms with E-state index in [4.69, 9.17) is 9.15 Å². The zero-order valence-electron chi connectivity index (χ0n) is 25.6. The molecule has 7 aromatic rings. The van der Waals surface area contributed by atoms with Crippen LogP contribution in [0.25, 0.3) is 44.2 Å². The number of methoxy groups -OCH3 is 1. The molecule has 0 saturated carbocycles. The predicted octanol–water partition coefficient (Wildman–Crippen LogP) is 6.77. The van der Waals surface area contributed by atoms with Crippen LogP contribution in [0.4, 0.5) is 4.79 Å². The molecule has 7 rings (SSSR count). The minimum absolute atomic E-state index is 0.147. The summed E-state index contributed by atoms with van der Waals surface area (Å²) in [6.45, 7) is 1.90. The summed E-state index contributed by atoms with van der Waals surface area (Å²) in [4.78, 5) is 54.5. The highest BCUT2D eigenvalue weighted by molar-refractivity contribution is 6.22. The summed E-state index contributed by atoms with van der Waals surface area (Å²) < 4.78 is 12.6. The standard InChI is InChI=1S/C36H29N5O5/c1-20-38-27-13-14-37-28(33(27)39-20)15-21-9-11-22(12-10-21)34(42)26-19-41(36(44)40(2)3)29-17-24(16-25(32(26)29)35(43)45-4)31-18-23-7-5-6-8-30(23)46-31/h5-14,16-19H,15H2,1-4H3,(H,38,39). The minimum atomic E-state index is -0.641. The lowest BCUT2D eigenvalue weighted by Gasteiger charge is -2.13. The van der Waals surface area contributed by atoms with E-state index in [1.165, 1.54) is 22.8 Å². The number of H-pyrrole nitrogens is 1. The van der Waals surface area contributed by atoms with Crippen molar-refractivity contribution in [1.82, 2.24) is 24.4 Å². The summed E-state index contributed by atoms with van der Waals surface area (Å²) >= 11 is 0. The van der Waals surface area contributed by atoms with Crippen molar-refractivity contribution < 1.29 is 23.5 Å². The highest BCUT2D eigenvalue weighted by atomic mass is 16.5. The fraction of sp³-hybridized carbons (Fsp3) is 0.139. The molecule has 3 aromatic carbocycles. The van der Waals surface area contributed by atoms with E-state index in [1.807, 2.05) is 55.5 Å². The first kappa shape index (κ1) is 28.7. The molecule has 0 unspecified atom stereocenters. The van der Waals surface area contributed by atoms with E-state index in [-0.39, 0.29) is 22.9 Å². The lowest BCUT2D eigenvalue weighted by atomic mass is 9.96. The van der Waals surface area contributed by atoms with Crippen molar-refractivity contribution in [2.24, 2.45) is 0 Å². The molecule has 0 saturated heterocycles. The van der Waals surface area contributed by atoms with Gasteiger partial charge in [-0.1, -0.05) is 42.5 Å². The molecule has 0 bridgehead atoms. The Bertz CT molecular complexity index is 2290. The Balaban J connectivity index is 1.33. The molecule has 1 N–H and O–H groups in total. The summed E-state index contributed by atoms with van der Waals surface area (Å²) in [5, 5.41) is 1.21. The van der Waals surface area contributed by atoms with Gasteiger partial charge in [0.1, 0.15) is 22.7 Å². The first-order valence-corrected chi connectivity index (χ1v) is 14.6. The molecule has 0 radical (unpaired) electrons. The van der Waals surface area contributed by atoms with Crippen LogP contribution in [0.1, 0.15) is 43.4 Å². The second-order valence-electron chi connectivity index (χ2n) is 11.3. The van der Waals surface area contributed by atoms with Gasteiger partial charge in [0, 0.05) is 60.4 Å². The number of hydrogen-bond donors (Lipinski definition) is 1. The molecule has 10 heteroatoms. The van der Waals surface area contributed by atoms with E-state index in [0.717, 1.165) is 33.5 Å². The monoisotopic (exact) mass is 611 g/mol. The second kappa shape index (κ2) is 11.2. The Morgan fingerprint density at radius 1 is 0.978 bits per heavy atom. The number of aromatic nitrogens is 4. The van der Waals surface area contributed by atoms with Gasteiger partial charge in [-0.25, -0.2) is 14.6 Å². The Morgan fingerprint density at radius 2 is 1.76 bits per heavy atom. The Kier molecular flexibility index (Phi) is 6.97. The van der Waals surface area contributed by atoms with Crippen LogP contribution in [0.5, 0.6) is 0 Å². The molecular weight excluding hydrogens is 582 g/mol. The van der Waals surface area contributed by atoms with Crippen molar-refractivity contribution in [2.45, 2.75) is 13.3 Å². The van der Waals surface area contributed by atoms with Gasteiger partial charge in [-0.05, 0) is 42.8 Å². The maximum atomic E-state index is 14.1. The third-order valence-corrected chi connectivity index (χ3v) is 8.04. The largest absolute Gasteiger partial charge is 0.465 e. The third kappa shape index (κ3) is 4.89. The minimum Gasteiger partial charge on any atom is -0.465 e. The smallest absolute Gasteiger partial charge is 0.338 e. The number of ketones is 1. The highest BCUT2D eigenvalue weighted by Crippen LogP contribution is 2.35. The number of nitrogens with one attached hydrogen (secondary N) is 1. The molecule has 0 aliphatic carbocycles. The van der Waals surface area contributed by atoms with Gasteiger partial charge in [-0.2, -0.15) is 0 Å². The molecule has 0 fully saturated rings. The van der Waals surface area contributed by atoms with Crippen LogP contribution >= 0.6 is 0 Å². The van der Waals surface area contributed by atoms with Crippen LogP contribution in [0.2, 0.25) is 0 Å². The molecule has 0 atom stereocenters. The quantitative estimate of drug-likeness (QED) is 0.163. The molecule has 4 aromatic heterocycles. The van der Waals surface area contributed by atoms with Crippen molar-refractivity contribution >= 4 is 50.7 Å². The van der Waals surface area contributed by atoms with E-state index >= 15 is 0 Å². The van der Waals surface area contributed by atoms with Crippen molar-refractivity contribution in [1.29, 1.82) is 0 Å². The highest BCUT2D eigenvalue weighted by Gasteiger charge is 2.27. The molecule has 46 heavy (non-hydrogen) atoms. The number of fused-ring (bicyclic) bond motifs is 3. The van der Waals surface area contributed by atoms with Crippen LogP contribution in [0, 0.1) is 6.92 Å². The van der Waals surface area contributed by atoms with Gasteiger partial charge in [-0.3, -0.25) is 14.3 Å². The number of imidazole rings is 1. The van der Waals surface area contributed by atoms with E-state index in [2.05, 4.69) is 15.0 Å². The Hall–Kier alpha value is -6.03. The molecule has 0 aliphatic rings. The summed E-state index contributed by atoms with van der Waals surface area (Å²) in [5.41, 5.74) is 5.89. The number of aryl methyl sites for hydroxylation is 1. The number of benzene rings is 3. The zero-order chi connectivity index (χ0) is 32.1. The number of ether oxygens (including phenoxy) is 1. The SMILES string of the molecule is COC(=O)c1cc(-c2cc3ccccc3o2)cc2c1c(C(=O)c1ccc(Cc3nccc4[nH]c(C)nc34)cc1)cn2C(=O)N(C)C. The number of amides is 1. The number of hydrogen-bond acceptors (Lipinski definition) is 7. The predicted molar refractivity (Wildman–Crippen MR) is 174 cm³/mol. The second-order valence-corrected chi connectivity index (χ2v) is 11.3. The van der Waals surface area contributed by atoms with Crippen molar-refractivity contribution in [2.75, 3.05) is 21.2 Å². The number of pyridine rings is 1. The topological polar surface area (TPSA) is 123 Å². The van der Waals surface area contributed by atoms with Gasteiger partial charge in [0.05, 0.1) is 29.4 Å². The van der Waals surface area contributed by atoms with Gasteiger partial charge in [0.15, 0.2) is 5.78 Å². The van der Waals surface area contributed by atoms with Gasteiger partial charge < -0.3 is 19.0 Å². The number of nitrogens with zero attached hydrogens (tertiary/aromatic N) is 4. The van der Waals surface area contributed by atoms with Gasteiger partial charge in [-0.15, -0.1) is 0 Å². The maximum Gasteiger partial charge on any atom is 0.338 e. The number of para-hydroxylation sites is 1. The zero-order valence-corrected chi connectivity index (χ0v) is 25.6. The summed E-state index contributed by atoms with van der Waals surface area (Å²) in [6, 6.07) is 21.6. The Labute approximate surface area is 263 Å². The third-order valence-electron chi connectivity index (χ3n) is 8.04. The number of carbonyl (C=O) groups excluding carboxylic acids is 3. The average molecular weight is 612 g/mol. The van der Waals surface area contributed by atoms with Crippen molar-refractivity contribution in [3.05, 3.63) is 119 Å². The molecule has 1 amide bonds. The van der Waals surface area contributed by atoms with Crippen molar-refractivity contribution in [3.8, 4) is 11.3 Å². The molecule has 0 spiro atoms. The van der Waals surface area contributed by atoms with Crippen LogP contribution < -0.4 is 0 Å². The number of aromatic amines is 1. The fourth-order valence-electron chi connectivity index (χ4n) is 5.81. The van der Waals surface area contributed by atoms with E-state index in [0.29, 0.717) is 39.8 Å². The van der Waals surface area contributed by atoms with E-state index in [1.54, 1.807) is 44.6 Å². The summed E-state index contributed by atoms with van der Waals surface area (Å²) in [5.74, 6) is 0.342. The molecule has 228 valence electrons. The van der Waals surface area contributed by atoms with Gasteiger partial charge >= 0.3 is 12.0 Å². The Morgan fingerprint density at radius 3 is 2.50 bits per heavy atom. The normalized spacial score (nSPS) is 11.4. The molecule has 4 heterocycles. The van der Waals surface area contributed by atoms with Crippen LogP contribution in [0.15, 0.2) is 89.6 Å². The lowest BCUT2D eigenvalue weighted by Crippen LogP contribution is -2.26. The van der Waals surface area contributed by atoms with Crippen LogP contribution in [0.3, 0.4) is 0 Å². The van der Waals surface area contributed by atoms with Crippen LogP contribution in [-0.2, 0) is 11.2 Å². The van der Waals surface area contributed by atoms with Gasteiger partial charge in [0.2, 0.25) is 0 Å². The van der Waals surface area contributed by atoms with Crippen LogP contribution in [-0.4, -0.2) is 63.4 Å². The molecule has 0 aliphatic heterocycles. The summed E-state index contributed by atoms with van der Waals surface area (Å²) in [7, 11) is 4.53. The number of furan rings is 1. The first-order valence-electron chi connectivity index (χ1n) is 14.6. The number of carbonyl (C=O) groups is 3. The van der Waals surface area contributed by atoms with Crippen molar-refractivity contribution in [3.63, 3.8) is 0 Å². The number of rotatable bonds is 6. The maximum absolute atomic E-state index is 14.1. The average Bonchev–Trinajstić information content (AvgIpc) is 3.78. The lowest BCUT2D eigenvalue weighted by molar-refractivity contribution is 0.0603. The first-order chi connectivity index (χ1) is 22.2.